The van der Waals surface area contributed by atoms with Crippen LogP contribution in [-0.4, -0.2) is 41.0 Å². The molecule has 0 radical (unpaired) electrons. The van der Waals surface area contributed by atoms with Crippen LogP contribution in [-0.2, 0) is 11.8 Å². The lowest BCUT2D eigenvalue weighted by molar-refractivity contribution is 0.0600. The number of benzene rings is 1. The molecule has 9 heteroatoms. The van der Waals surface area contributed by atoms with Crippen LogP contribution in [0.15, 0.2) is 41.0 Å². The van der Waals surface area contributed by atoms with E-state index >= 15 is 0 Å². The van der Waals surface area contributed by atoms with E-state index in [2.05, 4.69) is 31.3 Å². The molecule has 3 aromatic rings. The van der Waals surface area contributed by atoms with Gasteiger partial charge in [0.1, 0.15) is 0 Å². The normalized spacial score (nSPS) is 17.0. The molecule has 1 aromatic carbocycles. The number of pyridine rings is 1. The third kappa shape index (κ3) is 5.47. The molecule has 174 valence electrons. The zero-order chi connectivity index (χ0) is 23.5. The number of rotatable bonds is 9. The average Bonchev–Trinajstić information content (AvgIpc) is 3.45. The number of hydrogen-bond donors (Lipinski definition) is 2. The lowest BCUT2D eigenvalue weighted by Crippen LogP contribution is -2.09. The highest BCUT2D eigenvalue weighted by molar-refractivity contribution is 9.10. The number of anilines is 2. The van der Waals surface area contributed by atoms with E-state index < -0.39 is 5.97 Å². The first-order valence-corrected chi connectivity index (χ1v) is 11.7. The molecule has 1 aliphatic rings. The molecule has 0 spiro atoms. The Kier molecular flexibility index (Phi) is 6.88. The first-order chi connectivity index (χ1) is 15.9. The van der Waals surface area contributed by atoms with Crippen LogP contribution in [0.25, 0.3) is 11.3 Å². The zero-order valence-corrected chi connectivity index (χ0v) is 20.6. The van der Waals surface area contributed by atoms with Gasteiger partial charge in [0, 0.05) is 23.8 Å². The molecule has 0 saturated heterocycles. The molecule has 1 aliphatic carbocycles. The SMILES string of the molecule is COC(=O)c1cc(C)nc(-c2cnn(C)c2OCC[C@H]2C[C@@H]2CNc2cc(Br)ccc2N)c1. The Morgan fingerprint density at radius 2 is 2.12 bits per heavy atom. The van der Waals surface area contributed by atoms with Crippen LogP contribution < -0.4 is 15.8 Å². The van der Waals surface area contributed by atoms with Crippen LogP contribution in [0.1, 0.15) is 28.9 Å². The number of methoxy groups -OCH3 is 1. The van der Waals surface area contributed by atoms with E-state index in [1.807, 2.05) is 32.2 Å². The molecule has 0 aliphatic heterocycles. The number of nitrogens with zero attached hydrogens (tertiary/aromatic N) is 3. The van der Waals surface area contributed by atoms with Crippen molar-refractivity contribution in [2.45, 2.75) is 19.8 Å². The number of esters is 1. The fourth-order valence-electron chi connectivity index (χ4n) is 3.96. The Morgan fingerprint density at radius 1 is 1.30 bits per heavy atom. The standard InChI is InChI=1S/C24H28BrN5O3/c1-14-8-16(24(31)32-3)10-21(29-14)19-13-28-30(2)23(19)33-7-6-15-9-17(15)12-27-22-11-18(25)4-5-20(22)26/h4-5,8,10-11,13,15,17,27H,6-7,9,12,26H2,1-3H3/t15-,17+/m0/s1. The zero-order valence-electron chi connectivity index (χ0n) is 19.0. The summed E-state index contributed by atoms with van der Waals surface area (Å²) in [6.45, 7) is 3.32. The molecule has 0 bridgehead atoms. The fraction of sp³-hybridized carbons (Fsp3) is 0.375. The van der Waals surface area contributed by atoms with Gasteiger partial charge in [-0.25, -0.2) is 9.48 Å². The number of carbonyl (C=O) groups excluding carboxylic acids is 1. The third-order valence-electron chi connectivity index (χ3n) is 5.90. The lowest BCUT2D eigenvalue weighted by Gasteiger charge is -2.11. The van der Waals surface area contributed by atoms with Crippen LogP contribution in [0.5, 0.6) is 5.88 Å². The van der Waals surface area contributed by atoms with Gasteiger partial charge in [-0.1, -0.05) is 15.9 Å². The van der Waals surface area contributed by atoms with Gasteiger partial charge in [0.05, 0.1) is 48.1 Å². The molecule has 8 nitrogen and oxygen atoms in total. The van der Waals surface area contributed by atoms with Gasteiger partial charge in [-0.3, -0.25) is 4.98 Å². The number of nitrogen functional groups attached to an aromatic ring is 1. The Bertz CT molecular complexity index is 1160. The minimum Gasteiger partial charge on any atom is -0.477 e. The van der Waals surface area contributed by atoms with Gasteiger partial charge in [-0.05, 0) is 61.9 Å². The molecule has 1 fully saturated rings. The van der Waals surface area contributed by atoms with Crippen molar-refractivity contribution in [3.05, 3.63) is 52.3 Å². The van der Waals surface area contributed by atoms with Crippen molar-refractivity contribution < 1.29 is 14.3 Å². The monoisotopic (exact) mass is 513 g/mol. The molecule has 2 atom stereocenters. The number of nitrogens with two attached hydrogens (primary N) is 1. The van der Waals surface area contributed by atoms with Crippen LogP contribution in [0.4, 0.5) is 11.4 Å². The number of aryl methyl sites for hydroxylation is 2. The molecule has 1 saturated carbocycles. The Balaban J connectivity index is 1.34. The molecule has 2 heterocycles. The molecule has 0 amide bonds. The van der Waals surface area contributed by atoms with Crippen molar-refractivity contribution >= 4 is 33.3 Å². The van der Waals surface area contributed by atoms with Gasteiger partial charge < -0.3 is 20.5 Å². The van der Waals surface area contributed by atoms with E-state index in [1.54, 1.807) is 23.0 Å². The van der Waals surface area contributed by atoms with Crippen molar-refractivity contribution in [3.63, 3.8) is 0 Å². The summed E-state index contributed by atoms with van der Waals surface area (Å²) in [5.74, 6) is 1.47. The van der Waals surface area contributed by atoms with Crippen LogP contribution >= 0.6 is 15.9 Å². The number of halogens is 1. The Labute approximate surface area is 201 Å². The van der Waals surface area contributed by atoms with E-state index in [4.69, 9.17) is 15.2 Å². The van der Waals surface area contributed by atoms with E-state index in [-0.39, 0.29) is 0 Å². The van der Waals surface area contributed by atoms with Gasteiger partial charge in [-0.15, -0.1) is 0 Å². The highest BCUT2D eigenvalue weighted by atomic mass is 79.9. The van der Waals surface area contributed by atoms with E-state index in [9.17, 15) is 4.79 Å². The largest absolute Gasteiger partial charge is 0.477 e. The predicted octanol–water partition coefficient (Wildman–Crippen LogP) is 4.44. The maximum Gasteiger partial charge on any atom is 0.337 e. The van der Waals surface area contributed by atoms with Crippen molar-refractivity contribution in [1.82, 2.24) is 14.8 Å². The summed E-state index contributed by atoms with van der Waals surface area (Å²) in [6, 6.07) is 9.25. The van der Waals surface area contributed by atoms with Crippen molar-refractivity contribution in [1.29, 1.82) is 0 Å². The van der Waals surface area contributed by atoms with Crippen LogP contribution in [0, 0.1) is 18.8 Å². The predicted molar refractivity (Wildman–Crippen MR) is 131 cm³/mol. The summed E-state index contributed by atoms with van der Waals surface area (Å²) in [4.78, 5) is 16.6. The summed E-state index contributed by atoms with van der Waals surface area (Å²) in [6.07, 6.45) is 3.84. The van der Waals surface area contributed by atoms with Gasteiger partial charge >= 0.3 is 5.97 Å². The van der Waals surface area contributed by atoms with Crippen molar-refractivity contribution in [3.8, 4) is 17.1 Å². The van der Waals surface area contributed by atoms with Crippen molar-refractivity contribution in [2.75, 3.05) is 31.3 Å². The third-order valence-corrected chi connectivity index (χ3v) is 6.39. The molecular formula is C24H28BrN5O3. The molecule has 2 aromatic heterocycles. The number of carbonyl (C=O) groups is 1. The van der Waals surface area contributed by atoms with Crippen molar-refractivity contribution in [2.24, 2.45) is 18.9 Å². The minimum atomic E-state index is -0.397. The highest BCUT2D eigenvalue weighted by Gasteiger charge is 2.36. The number of nitrogens with one attached hydrogen (secondary N) is 1. The molecule has 33 heavy (non-hydrogen) atoms. The number of ether oxygens (including phenoxy) is 2. The number of hydrogen-bond acceptors (Lipinski definition) is 7. The first kappa shape index (κ1) is 23.1. The summed E-state index contributed by atoms with van der Waals surface area (Å²) in [7, 11) is 3.20. The van der Waals surface area contributed by atoms with E-state index in [0.717, 1.165) is 40.1 Å². The maximum absolute atomic E-state index is 12.0. The highest BCUT2D eigenvalue weighted by Crippen LogP contribution is 2.42. The first-order valence-electron chi connectivity index (χ1n) is 10.9. The van der Waals surface area contributed by atoms with Gasteiger partial charge in [0.15, 0.2) is 0 Å². The molecule has 0 unspecified atom stereocenters. The Hall–Kier alpha value is -3.07. The minimum absolute atomic E-state index is 0.397. The molecular weight excluding hydrogens is 486 g/mol. The summed E-state index contributed by atoms with van der Waals surface area (Å²) in [5, 5.41) is 7.79. The van der Waals surface area contributed by atoms with Crippen LogP contribution in [0.3, 0.4) is 0 Å². The number of aromatic nitrogens is 3. The Morgan fingerprint density at radius 3 is 2.91 bits per heavy atom. The van der Waals surface area contributed by atoms with Crippen LogP contribution in [0.2, 0.25) is 0 Å². The second-order valence-corrected chi connectivity index (χ2v) is 9.28. The smallest absolute Gasteiger partial charge is 0.337 e. The van der Waals surface area contributed by atoms with E-state index in [1.165, 1.54) is 13.5 Å². The average molecular weight is 514 g/mol. The molecule has 3 N–H and O–H groups in total. The quantitative estimate of drug-likeness (QED) is 0.321. The topological polar surface area (TPSA) is 104 Å². The van der Waals surface area contributed by atoms with E-state index in [0.29, 0.717) is 35.6 Å². The lowest BCUT2D eigenvalue weighted by atomic mass is 10.1. The maximum atomic E-state index is 12.0. The van der Waals surface area contributed by atoms with Gasteiger partial charge in [0.25, 0.3) is 0 Å². The van der Waals surface area contributed by atoms with Gasteiger partial charge in [-0.2, -0.15) is 5.10 Å². The fourth-order valence-corrected chi connectivity index (χ4v) is 4.32. The summed E-state index contributed by atoms with van der Waals surface area (Å²) >= 11 is 3.48. The summed E-state index contributed by atoms with van der Waals surface area (Å²) < 4.78 is 13.7. The molecule has 4 rings (SSSR count). The second-order valence-electron chi connectivity index (χ2n) is 8.37. The second kappa shape index (κ2) is 9.82. The summed E-state index contributed by atoms with van der Waals surface area (Å²) in [5.41, 5.74) is 10.3. The van der Waals surface area contributed by atoms with Gasteiger partial charge in [0.2, 0.25) is 5.88 Å².